The van der Waals surface area contributed by atoms with Crippen LogP contribution in [-0.4, -0.2) is 54.9 Å². The largest absolute Gasteiger partial charge is 0.372 e. The van der Waals surface area contributed by atoms with Crippen LogP contribution in [0.3, 0.4) is 0 Å². The van der Waals surface area contributed by atoms with E-state index in [1.165, 1.54) is 0 Å². The molecule has 0 saturated carbocycles. The highest BCUT2D eigenvalue weighted by atomic mass is 16.2. The number of aromatic amines is 2. The second-order valence-electron chi connectivity index (χ2n) is 11.1. The van der Waals surface area contributed by atoms with Gasteiger partial charge >= 0.3 is 0 Å². The molecule has 2 amide bonds. The second-order valence-corrected chi connectivity index (χ2v) is 11.1. The minimum absolute atomic E-state index is 0.154. The molecule has 0 aliphatic carbocycles. The van der Waals surface area contributed by atoms with E-state index in [1.807, 2.05) is 71.9 Å². The van der Waals surface area contributed by atoms with Crippen molar-refractivity contribution >= 4 is 17.5 Å². The molecular formula is C27H38N8O2. The highest BCUT2D eigenvalue weighted by Crippen LogP contribution is 2.11. The number of hydrogen-bond acceptors (Lipinski definition) is 6. The van der Waals surface area contributed by atoms with Crippen molar-refractivity contribution in [1.29, 1.82) is 0 Å². The standard InChI is InChI=1S/C27H38N8O2/c1-26(2,3)34-24(36)22(12-18-14-28-16-30-18)32-20-10-8-7-9-11-21(20)33-23(13-19-15-29-17-31-19)25(37)35-27(4,5)6/h7-11,14-17,22-23H,12-13H2,1-6H3,(H,28,30)(H,29,31)(H,32,33)(H,34,36)(H,35,37)/t22-,23-/m0/s1. The Bertz CT molecular complexity index is 1220. The average molecular weight is 507 g/mol. The third-order valence-corrected chi connectivity index (χ3v) is 5.20. The molecule has 0 fully saturated rings. The van der Waals surface area contributed by atoms with Crippen molar-refractivity contribution in [3.63, 3.8) is 0 Å². The second kappa shape index (κ2) is 11.9. The molecule has 0 saturated heterocycles. The van der Waals surface area contributed by atoms with Gasteiger partial charge in [-0.05, 0) is 53.7 Å². The summed E-state index contributed by atoms with van der Waals surface area (Å²) in [5.41, 5.74) is 1.44. The Morgan fingerprint density at radius 1 is 0.838 bits per heavy atom. The molecule has 0 radical (unpaired) electrons. The van der Waals surface area contributed by atoms with Crippen molar-refractivity contribution in [2.45, 2.75) is 77.5 Å². The zero-order valence-corrected chi connectivity index (χ0v) is 22.4. The first kappa shape index (κ1) is 27.6. The molecule has 0 aliphatic rings. The van der Waals surface area contributed by atoms with Crippen LogP contribution in [0, 0.1) is 0 Å². The molecule has 10 nitrogen and oxygen atoms in total. The highest BCUT2D eigenvalue weighted by molar-refractivity contribution is 5.85. The van der Waals surface area contributed by atoms with Gasteiger partial charge in [-0.25, -0.2) is 9.97 Å². The predicted octanol–water partition coefficient (Wildman–Crippen LogP) is 2.50. The Morgan fingerprint density at radius 2 is 1.41 bits per heavy atom. The Balaban J connectivity index is 2.00. The Labute approximate surface area is 217 Å². The first-order valence-corrected chi connectivity index (χ1v) is 12.4. The van der Waals surface area contributed by atoms with Crippen molar-refractivity contribution < 1.29 is 9.59 Å². The van der Waals surface area contributed by atoms with E-state index >= 15 is 0 Å². The number of aromatic nitrogens is 4. The number of imidazole rings is 2. The third-order valence-electron chi connectivity index (χ3n) is 5.20. The first-order valence-electron chi connectivity index (χ1n) is 12.4. The number of amides is 2. The Kier molecular flexibility index (Phi) is 8.86. The molecule has 1 aromatic carbocycles. The van der Waals surface area contributed by atoms with Crippen molar-refractivity contribution in [2.24, 2.45) is 4.99 Å². The molecular weight excluding hydrogens is 468 g/mol. The number of nitrogens with one attached hydrogen (secondary N) is 5. The van der Waals surface area contributed by atoms with E-state index in [4.69, 9.17) is 4.99 Å². The summed E-state index contributed by atoms with van der Waals surface area (Å²) in [7, 11) is 0. The maximum absolute atomic E-state index is 13.3. The number of anilines is 1. The summed E-state index contributed by atoms with van der Waals surface area (Å²) in [6, 6.07) is 7.98. The van der Waals surface area contributed by atoms with Crippen molar-refractivity contribution in [3.8, 4) is 0 Å². The SMILES string of the molecule is CC(C)(C)NC(=O)[C@H](Cc1cnc[nH]1)N=c1cccccc1N[C@@H](Cc1cnc[nH]1)C(=O)NC(C)(C)C. The van der Waals surface area contributed by atoms with E-state index in [1.54, 1.807) is 25.0 Å². The number of nitrogens with zero attached hydrogens (tertiary/aromatic N) is 3. The first-order chi connectivity index (χ1) is 17.4. The van der Waals surface area contributed by atoms with Gasteiger partial charge in [0.05, 0.1) is 23.7 Å². The number of rotatable bonds is 9. The van der Waals surface area contributed by atoms with Crippen LogP contribution in [-0.2, 0) is 22.4 Å². The zero-order valence-electron chi connectivity index (χ0n) is 22.4. The Morgan fingerprint density at radius 3 is 1.97 bits per heavy atom. The van der Waals surface area contributed by atoms with Gasteiger partial charge in [-0.3, -0.25) is 14.6 Å². The molecule has 0 unspecified atom stereocenters. The van der Waals surface area contributed by atoms with Gasteiger partial charge in [-0.2, -0.15) is 0 Å². The number of carbonyl (C=O) groups excluding carboxylic acids is 2. The van der Waals surface area contributed by atoms with E-state index < -0.39 is 23.2 Å². The summed E-state index contributed by atoms with van der Waals surface area (Å²) in [4.78, 5) is 45.7. The van der Waals surface area contributed by atoms with E-state index in [-0.39, 0.29) is 11.8 Å². The van der Waals surface area contributed by atoms with Crippen molar-refractivity contribution in [3.05, 3.63) is 72.1 Å². The van der Waals surface area contributed by atoms with Crippen LogP contribution >= 0.6 is 0 Å². The lowest BCUT2D eigenvalue weighted by Gasteiger charge is -2.26. The summed E-state index contributed by atoms with van der Waals surface area (Å²) in [5, 5.41) is 10.0. The molecule has 2 aromatic heterocycles. The molecule has 37 heavy (non-hydrogen) atoms. The van der Waals surface area contributed by atoms with Crippen molar-refractivity contribution in [1.82, 2.24) is 30.6 Å². The van der Waals surface area contributed by atoms with E-state index in [0.29, 0.717) is 23.9 Å². The number of hydrogen-bond donors (Lipinski definition) is 5. The van der Waals surface area contributed by atoms with Crippen LogP contribution in [0.1, 0.15) is 52.9 Å². The smallest absolute Gasteiger partial charge is 0.245 e. The lowest BCUT2D eigenvalue weighted by atomic mass is 10.1. The third kappa shape index (κ3) is 9.21. The normalized spacial score (nSPS) is 14.1. The van der Waals surface area contributed by atoms with Gasteiger partial charge in [0.2, 0.25) is 11.8 Å². The summed E-state index contributed by atoms with van der Waals surface area (Å²) < 4.78 is 0. The van der Waals surface area contributed by atoms with Gasteiger partial charge in [-0.15, -0.1) is 0 Å². The van der Waals surface area contributed by atoms with E-state index in [0.717, 1.165) is 11.4 Å². The van der Waals surface area contributed by atoms with E-state index in [9.17, 15) is 9.59 Å². The molecule has 198 valence electrons. The number of H-pyrrole nitrogens is 2. The minimum atomic E-state index is -0.711. The number of carbonyl (C=O) groups is 2. The molecule has 5 N–H and O–H groups in total. The van der Waals surface area contributed by atoms with Crippen LogP contribution < -0.4 is 21.3 Å². The van der Waals surface area contributed by atoms with Gasteiger partial charge < -0.3 is 25.9 Å². The fourth-order valence-corrected chi connectivity index (χ4v) is 3.66. The van der Waals surface area contributed by atoms with Crippen LogP contribution in [0.25, 0.3) is 0 Å². The molecule has 2 atom stereocenters. The van der Waals surface area contributed by atoms with Gasteiger partial charge in [-0.1, -0.05) is 18.2 Å². The van der Waals surface area contributed by atoms with Gasteiger partial charge in [0.1, 0.15) is 12.1 Å². The summed E-state index contributed by atoms with van der Waals surface area (Å²) in [6.07, 6.45) is 7.30. The van der Waals surface area contributed by atoms with Crippen LogP contribution in [0.5, 0.6) is 0 Å². The monoisotopic (exact) mass is 506 g/mol. The maximum Gasteiger partial charge on any atom is 0.245 e. The lowest BCUT2D eigenvalue weighted by Crippen LogP contribution is -2.49. The predicted molar refractivity (Wildman–Crippen MR) is 144 cm³/mol. The van der Waals surface area contributed by atoms with Crippen molar-refractivity contribution in [2.75, 3.05) is 5.32 Å². The molecule has 0 bridgehead atoms. The van der Waals surface area contributed by atoms with Gasteiger partial charge in [0.15, 0.2) is 0 Å². The topological polar surface area (TPSA) is 140 Å². The molecule has 3 aromatic rings. The molecule has 0 spiro atoms. The maximum atomic E-state index is 13.3. The van der Waals surface area contributed by atoms with E-state index in [2.05, 4.69) is 35.9 Å². The summed E-state index contributed by atoms with van der Waals surface area (Å²) in [5.74, 6) is -0.349. The zero-order chi connectivity index (χ0) is 27.1. The highest BCUT2D eigenvalue weighted by Gasteiger charge is 2.26. The quantitative estimate of drug-likeness (QED) is 0.303. The molecule has 3 rings (SSSR count). The van der Waals surface area contributed by atoms with Crippen LogP contribution in [0.4, 0.5) is 5.69 Å². The molecule has 10 heteroatoms. The van der Waals surface area contributed by atoms with Crippen LogP contribution in [0.2, 0.25) is 0 Å². The fourth-order valence-electron chi connectivity index (χ4n) is 3.66. The Hall–Kier alpha value is -3.95. The fraction of sp³-hybridized carbons (Fsp3) is 0.444. The van der Waals surface area contributed by atoms with Gasteiger partial charge in [0.25, 0.3) is 0 Å². The minimum Gasteiger partial charge on any atom is -0.372 e. The van der Waals surface area contributed by atoms with Gasteiger partial charge in [0, 0.05) is 47.7 Å². The molecule has 0 aliphatic heterocycles. The molecule has 2 heterocycles. The summed E-state index contributed by atoms with van der Waals surface area (Å²) >= 11 is 0. The van der Waals surface area contributed by atoms with Crippen LogP contribution in [0.15, 0.2) is 60.4 Å². The summed E-state index contributed by atoms with van der Waals surface area (Å²) in [6.45, 7) is 11.6. The lowest BCUT2D eigenvalue weighted by molar-refractivity contribution is -0.124. The average Bonchev–Trinajstić information content (AvgIpc) is 3.43.